The minimum Gasteiger partial charge on any atom is -0.457 e. The number of carbonyl (C=O) groups is 3. The Morgan fingerprint density at radius 1 is 0.983 bits per heavy atom. The summed E-state index contributed by atoms with van der Waals surface area (Å²) in [4.78, 5) is 48.9. The van der Waals surface area contributed by atoms with Gasteiger partial charge in [0.1, 0.15) is 11.5 Å². The summed E-state index contributed by atoms with van der Waals surface area (Å²) in [6.07, 6.45) is 11.0. The number of nitrogens with one attached hydrogen (secondary N) is 3. The lowest BCUT2D eigenvalue weighted by atomic mass is 9.87. The molecule has 7 unspecified atom stereocenters. The first kappa shape index (κ1) is 40.3. The van der Waals surface area contributed by atoms with Gasteiger partial charge in [-0.25, -0.2) is 4.99 Å². The minimum atomic E-state index is -0.332. The van der Waals surface area contributed by atoms with Gasteiger partial charge in [0, 0.05) is 94.9 Å². The third-order valence-corrected chi connectivity index (χ3v) is 14.1. The molecule has 5 N–H and O–H groups in total. The Kier molecular flexibility index (Phi) is 13.3. The van der Waals surface area contributed by atoms with Crippen molar-refractivity contribution >= 4 is 41.5 Å². The van der Waals surface area contributed by atoms with Crippen molar-refractivity contribution in [1.29, 1.82) is 0 Å². The maximum atomic E-state index is 13.3. The standard InChI is InChI=1S/C43H58N10O4S/c44-42-40-41(30-12-14-33(15-13-30)57-32-7-2-1-3-8-32)49-53(43(40)47-29-46-42)31-18-21-52(27-31)39(56)11-6-20-50-23-25-51(26-24-50)22-19-45-37(54)10-5-4-9-36-34-16-17-38(55)48-35(34)28-58-36/h1-3,6-8,11-15,29,31,34-36,40,42-43H,4-5,9-10,16-28,44H2,(H,45,54)(H,46,47)(H,48,55). The number of para-hydroxylation sites is 1. The molecule has 0 aliphatic carbocycles. The largest absolute Gasteiger partial charge is 0.457 e. The number of likely N-dealkylation sites (tertiary alicyclic amines) is 1. The van der Waals surface area contributed by atoms with E-state index in [9.17, 15) is 14.4 Å². The van der Waals surface area contributed by atoms with Crippen LogP contribution in [0.3, 0.4) is 0 Å². The van der Waals surface area contributed by atoms with E-state index >= 15 is 0 Å². The van der Waals surface area contributed by atoms with E-state index in [4.69, 9.17) is 20.6 Å². The van der Waals surface area contributed by atoms with Gasteiger partial charge >= 0.3 is 0 Å². The van der Waals surface area contributed by atoms with E-state index in [2.05, 4.69) is 30.8 Å². The van der Waals surface area contributed by atoms with Crippen LogP contribution in [0.2, 0.25) is 0 Å². The van der Waals surface area contributed by atoms with E-state index in [1.807, 2.05) is 77.3 Å². The van der Waals surface area contributed by atoms with Crippen molar-refractivity contribution in [2.24, 2.45) is 27.7 Å². The Morgan fingerprint density at radius 2 is 1.78 bits per heavy atom. The summed E-state index contributed by atoms with van der Waals surface area (Å²) < 4.78 is 6.00. The van der Waals surface area contributed by atoms with Crippen LogP contribution < -0.4 is 26.4 Å². The summed E-state index contributed by atoms with van der Waals surface area (Å²) in [5.74, 6) is 3.40. The zero-order valence-electron chi connectivity index (χ0n) is 33.3. The molecule has 4 saturated heterocycles. The van der Waals surface area contributed by atoms with E-state index in [-0.39, 0.29) is 42.0 Å². The van der Waals surface area contributed by atoms with Gasteiger partial charge in [0.25, 0.3) is 0 Å². The number of carbonyl (C=O) groups excluding carboxylic acids is 3. The van der Waals surface area contributed by atoms with Crippen LogP contribution in [0, 0.1) is 11.8 Å². The van der Waals surface area contributed by atoms with Gasteiger partial charge in [-0.15, -0.1) is 0 Å². The molecule has 4 fully saturated rings. The van der Waals surface area contributed by atoms with E-state index in [0.29, 0.717) is 49.7 Å². The SMILES string of the molecule is NC1NC=NC2C1C(c1ccc(Oc3ccccc3)cc1)=NN2C1CCN(C(=O)C=CCN2CCN(CCNC(=O)CCCCC3SCC4NC(=O)CCC43)CC2)C1. The number of thioether (sulfide) groups is 1. The van der Waals surface area contributed by atoms with E-state index in [1.54, 1.807) is 12.4 Å². The van der Waals surface area contributed by atoms with Crippen LogP contribution in [0.25, 0.3) is 0 Å². The number of hydrogen-bond acceptors (Lipinski definition) is 12. The van der Waals surface area contributed by atoms with Crippen LogP contribution in [-0.2, 0) is 14.4 Å². The number of aliphatic imine (C=N–C) groups is 1. The Morgan fingerprint density at radius 3 is 2.60 bits per heavy atom. The number of ether oxygens (including phenoxy) is 1. The monoisotopic (exact) mass is 810 g/mol. The van der Waals surface area contributed by atoms with Crippen LogP contribution in [0.4, 0.5) is 0 Å². The Bertz CT molecular complexity index is 1820. The first-order valence-electron chi connectivity index (χ1n) is 21.2. The summed E-state index contributed by atoms with van der Waals surface area (Å²) in [6, 6.07) is 18.0. The van der Waals surface area contributed by atoms with Crippen molar-refractivity contribution < 1.29 is 19.1 Å². The second kappa shape index (κ2) is 19.1. The van der Waals surface area contributed by atoms with Gasteiger partial charge in [-0.1, -0.05) is 30.7 Å². The van der Waals surface area contributed by atoms with Crippen molar-refractivity contribution in [3.63, 3.8) is 0 Å². The molecule has 8 rings (SSSR count). The first-order valence-corrected chi connectivity index (χ1v) is 22.2. The maximum absolute atomic E-state index is 13.3. The second-order valence-electron chi connectivity index (χ2n) is 16.3. The van der Waals surface area contributed by atoms with E-state index < -0.39 is 0 Å². The lowest BCUT2D eigenvalue weighted by Crippen LogP contribution is -2.55. The third kappa shape index (κ3) is 9.87. The molecule has 0 aromatic heterocycles. The highest BCUT2D eigenvalue weighted by Crippen LogP contribution is 2.40. The predicted octanol–water partition coefficient (Wildman–Crippen LogP) is 2.82. The van der Waals surface area contributed by atoms with Crippen LogP contribution in [0.1, 0.15) is 50.5 Å². The quantitative estimate of drug-likeness (QED) is 0.156. The van der Waals surface area contributed by atoms with Crippen LogP contribution in [0.5, 0.6) is 11.5 Å². The topological polar surface area (TPSA) is 160 Å². The molecule has 2 aromatic rings. The number of unbranched alkanes of at least 4 members (excludes halogenated alkanes) is 1. The predicted molar refractivity (Wildman–Crippen MR) is 228 cm³/mol. The third-order valence-electron chi connectivity index (χ3n) is 12.5. The molecule has 6 aliphatic heterocycles. The zero-order valence-corrected chi connectivity index (χ0v) is 34.1. The highest BCUT2D eigenvalue weighted by atomic mass is 32.2. The zero-order chi connectivity index (χ0) is 39.8. The molecule has 58 heavy (non-hydrogen) atoms. The van der Waals surface area contributed by atoms with Gasteiger partial charge in [-0.3, -0.25) is 29.2 Å². The van der Waals surface area contributed by atoms with Crippen LogP contribution in [0.15, 0.2) is 76.8 Å². The van der Waals surface area contributed by atoms with Gasteiger partial charge in [0.05, 0.1) is 30.2 Å². The van der Waals surface area contributed by atoms with Crippen molar-refractivity contribution in [3.05, 3.63) is 72.3 Å². The first-order chi connectivity index (χ1) is 28.4. The fourth-order valence-electron chi connectivity index (χ4n) is 9.23. The summed E-state index contributed by atoms with van der Waals surface area (Å²) >= 11 is 2.00. The van der Waals surface area contributed by atoms with E-state index in [0.717, 1.165) is 99.9 Å². The molecule has 3 amide bonds. The Balaban J connectivity index is 0.724. The number of piperidine rings is 1. The molecule has 0 bridgehead atoms. The molecule has 14 nitrogen and oxygen atoms in total. The molecule has 6 heterocycles. The average molecular weight is 811 g/mol. The minimum absolute atomic E-state index is 0.0293. The van der Waals surface area contributed by atoms with Crippen molar-refractivity contribution in [3.8, 4) is 11.5 Å². The second-order valence-corrected chi connectivity index (χ2v) is 17.6. The van der Waals surface area contributed by atoms with Crippen LogP contribution >= 0.6 is 11.8 Å². The smallest absolute Gasteiger partial charge is 0.246 e. The fourth-order valence-corrected chi connectivity index (χ4v) is 10.9. The fraction of sp³-hybridized carbons (Fsp3) is 0.558. The lowest BCUT2D eigenvalue weighted by molar-refractivity contribution is -0.125. The van der Waals surface area contributed by atoms with Crippen molar-refractivity contribution in [1.82, 2.24) is 35.7 Å². The summed E-state index contributed by atoms with van der Waals surface area (Å²) in [7, 11) is 0. The van der Waals surface area contributed by atoms with Gasteiger partial charge in [-0.2, -0.15) is 16.9 Å². The van der Waals surface area contributed by atoms with Gasteiger partial charge in [0.2, 0.25) is 17.7 Å². The van der Waals surface area contributed by atoms with Gasteiger partial charge < -0.3 is 31.3 Å². The molecule has 15 heteroatoms. The number of hydrazone groups is 1. The molecule has 310 valence electrons. The van der Waals surface area contributed by atoms with Crippen molar-refractivity contribution in [2.75, 3.05) is 64.7 Å². The summed E-state index contributed by atoms with van der Waals surface area (Å²) in [6.45, 7) is 7.27. The summed E-state index contributed by atoms with van der Waals surface area (Å²) in [5.41, 5.74) is 8.45. The highest BCUT2D eigenvalue weighted by molar-refractivity contribution is 8.00. The number of piperazine rings is 1. The molecule has 2 aromatic carbocycles. The number of amides is 3. The number of nitrogens with two attached hydrogens (primary N) is 1. The molecule has 7 atom stereocenters. The Labute approximate surface area is 346 Å². The molecule has 0 radical (unpaired) electrons. The van der Waals surface area contributed by atoms with Gasteiger partial charge in [-0.05, 0) is 73.6 Å². The Hall–Kier alpha value is -4.44. The number of fused-ring (bicyclic) bond motifs is 2. The van der Waals surface area contributed by atoms with Crippen molar-refractivity contribution in [2.45, 2.75) is 74.6 Å². The average Bonchev–Trinajstić information content (AvgIpc) is 3.99. The molecular weight excluding hydrogens is 753 g/mol. The number of hydrogen-bond donors (Lipinski definition) is 4. The molecule has 6 aliphatic rings. The maximum Gasteiger partial charge on any atom is 0.246 e. The van der Waals surface area contributed by atoms with Gasteiger partial charge in [0.15, 0.2) is 6.17 Å². The van der Waals surface area contributed by atoms with E-state index in [1.165, 1.54) is 0 Å². The molecular formula is C43H58N10O4S. The lowest BCUT2D eigenvalue weighted by Gasteiger charge is -2.34. The molecule has 0 spiro atoms. The normalized spacial score (nSPS) is 28.5. The number of benzene rings is 2. The number of rotatable bonds is 15. The highest BCUT2D eigenvalue weighted by Gasteiger charge is 2.47. The number of nitrogens with zero attached hydrogens (tertiary/aromatic N) is 6. The summed E-state index contributed by atoms with van der Waals surface area (Å²) in [5, 5.41) is 17.2. The molecule has 0 saturated carbocycles. The van der Waals surface area contributed by atoms with Crippen LogP contribution in [-0.4, -0.2) is 144 Å².